The molecule has 7 N–H and O–H groups in total. The lowest BCUT2D eigenvalue weighted by molar-refractivity contribution is -0.304. The Morgan fingerprint density at radius 1 is 0.671 bits per heavy atom. The van der Waals surface area contributed by atoms with Gasteiger partial charge in [-0.25, -0.2) is 29.1 Å². The standard InChI is InChI=1S/C49H57N9O12/c50-45(55-47(63)66-31-35-16-5-1-6-17-35)57-27-14-25-40(44(57)62)54-42(60)30-52-43(61)39(53-41(59)26-15-29-69-70-34-38-22-11-4-12-23-38)24-13-28-58(49(65)68-33-37-20-9-3-10-21-37)46(51)56-48(64)67-32-36-18-7-2-8-19-36/h1-12,16-23,39-40H,13-15,24-34H2,(H,52,61)(H,53,59)(H,54,60)(H2,50,55,63)(H2,51,56,64)/t39-,40+/m1/s1. The lowest BCUT2D eigenvalue weighted by Gasteiger charge is -2.31. The first-order valence-electron chi connectivity index (χ1n) is 22.5. The van der Waals surface area contributed by atoms with Crippen LogP contribution >= 0.6 is 0 Å². The number of aliphatic imine (C=N–C) groups is 2. The van der Waals surface area contributed by atoms with Gasteiger partial charge in [-0.1, -0.05) is 121 Å². The quantitative estimate of drug-likeness (QED) is 0.0183. The summed E-state index contributed by atoms with van der Waals surface area (Å²) in [5.74, 6) is -3.61. The lowest BCUT2D eigenvalue weighted by Crippen LogP contribution is -2.57. The molecule has 0 bridgehead atoms. The maximum atomic E-state index is 13.7. The van der Waals surface area contributed by atoms with E-state index in [1.54, 1.807) is 84.9 Å². The molecule has 5 rings (SSSR count). The van der Waals surface area contributed by atoms with E-state index < -0.39 is 72.5 Å². The number of nitrogens with two attached hydrogens (primary N) is 2. The number of nitrogens with zero attached hydrogens (tertiary/aromatic N) is 4. The second-order valence-corrected chi connectivity index (χ2v) is 15.6. The van der Waals surface area contributed by atoms with Gasteiger partial charge in [-0.3, -0.25) is 24.1 Å². The molecule has 4 aromatic rings. The number of likely N-dealkylation sites (tertiary alicyclic amines) is 1. The molecule has 2 atom stereocenters. The van der Waals surface area contributed by atoms with Crippen molar-refractivity contribution < 1.29 is 57.5 Å². The number of benzene rings is 4. The van der Waals surface area contributed by atoms with E-state index >= 15 is 0 Å². The number of piperidine rings is 1. The second kappa shape index (κ2) is 28.9. The Kier molecular flexibility index (Phi) is 21.8. The molecule has 0 saturated carbocycles. The summed E-state index contributed by atoms with van der Waals surface area (Å²) in [5.41, 5.74) is 15.2. The number of carbonyl (C=O) groups is 7. The van der Waals surface area contributed by atoms with Crippen molar-refractivity contribution in [1.29, 1.82) is 0 Å². The number of guanidine groups is 2. The highest BCUT2D eigenvalue weighted by Crippen LogP contribution is 2.13. The normalized spacial score (nSPS) is 14.1. The van der Waals surface area contributed by atoms with Crippen molar-refractivity contribution in [1.82, 2.24) is 25.8 Å². The van der Waals surface area contributed by atoms with Gasteiger partial charge in [-0.15, -0.1) is 9.98 Å². The van der Waals surface area contributed by atoms with Crippen LogP contribution in [0, 0.1) is 0 Å². The molecule has 21 nitrogen and oxygen atoms in total. The molecular weight excluding hydrogens is 907 g/mol. The number of rotatable bonds is 22. The Bertz CT molecular complexity index is 2390. The molecule has 7 amide bonds. The zero-order valence-electron chi connectivity index (χ0n) is 38.4. The number of ether oxygens (including phenoxy) is 3. The molecule has 1 aliphatic heterocycles. The van der Waals surface area contributed by atoms with Crippen LogP contribution < -0.4 is 27.4 Å². The van der Waals surface area contributed by atoms with Crippen LogP contribution in [0.2, 0.25) is 0 Å². The summed E-state index contributed by atoms with van der Waals surface area (Å²) >= 11 is 0. The SMILES string of the molecule is NC(=NC(=O)OCc1ccccc1)N(CCC[C@@H](NC(=O)CCCOOCc1ccccc1)C(=O)NCC(=O)N[C@H]1CCCN(C(N)=NC(=O)OCc2ccccc2)C1=O)C(=O)OCc1ccccc1. The third kappa shape index (κ3) is 18.8. The smallest absolute Gasteiger partial charge is 0.437 e. The minimum Gasteiger partial charge on any atom is -0.444 e. The van der Waals surface area contributed by atoms with E-state index in [0.717, 1.165) is 20.9 Å². The minimum atomic E-state index is -1.25. The molecule has 0 radical (unpaired) electrons. The van der Waals surface area contributed by atoms with E-state index in [2.05, 4.69) is 25.9 Å². The zero-order valence-corrected chi connectivity index (χ0v) is 38.4. The number of hydrogen-bond acceptors (Lipinski definition) is 12. The van der Waals surface area contributed by atoms with Crippen LogP contribution in [0.3, 0.4) is 0 Å². The summed E-state index contributed by atoms with van der Waals surface area (Å²) in [5, 5.41) is 7.74. The van der Waals surface area contributed by atoms with Gasteiger partial charge >= 0.3 is 18.3 Å². The zero-order chi connectivity index (χ0) is 49.9. The molecule has 0 aliphatic carbocycles. The summed E-state index contributed by atoms with van der Waals surface area (Å²) in [6.07, 6.45) is -2.35. The molecule has 21 heteroatoms. The topological polar surface area (TPSA) is 285 Å². The van der Waals surface area contributed by atoms with Crippen LogP contribution in [-0.4, -0.2) is 102 Å². The van der Waals surface area contributed by atoms with E-state index in [0.29, 0.717) is 17.5 Å². The van der Waals surface area contributed by atoms with Gasteiger partial charge in [0.05, 0.1) is 13.2 Å². The summed E-state index contributed by atoms with van der Waals surface area (Å²) in [6, 6.07) is 33.6. The fraction of sp³-hybridized carbons (Fsp3) is 0.327. The molecule has 1 fully saturated rings. The van der Waals surface area contributed by atoms with E-state index in [1.165, 1.54) is 0 Å². The van der Waals surface area contributed by atoms with Gasteiger partial charge in [0.2, 0.25) is 29.6 Å². The van der Waals surface area contributed by atoms with Crippen molar-refractivity contribution in [3.8, 4) is 0 Å². The summed E-state index contributed by atoms with van der Waals surface area (Å²) < 4.78 is 15.8. The highest BCUT2D eigenvalue weighted by molar-refractivity contribution is 6.03. The van der Waals surface area contributed by atoms with Gasteiger partial charge in [0, 0.05) is 19.5 Å². The first kappa shape index (κ1) is 52.8. The van der Waals surface area contributed by atoms with Crippen LogP contribution in [0.4, 0.5) is 14.4 Å². The van der Waals surface area contributed by atoms with Crippen LogP contribution in [0.5, 0.6) is 0 Å². The predicted octanol–water partition coefficient (Wildman–Crippen LogP) is 4.35. The average molecular weight is 964 g/mol. The third-order valence-corrected chi connectivity index (χ3v) is 10.3. The highest BCUT2D eigenvalue weighted by atomic mass is 17.2. The fourth-order valence-electron chi connectivity index (χ4n) is 6.70. The largest absolute Gasteiger partial charge is 0.444 e. The molecule has 1 heterocycles. The molecule has 0 unspecified atom stereocenters. The van der Waals surface area contributed by atoms with Gasteiger partial charge in [0.25, 0.3) is 5.91 Å². The van der Waals surface area contributed by atoms with Crippen molar-refractivity contribution in [3.05, 3.63) is 144 Å². The van der Waals surface area contributed by atoms with Gasteiger partial charge in [-0.2, -0.15) is 0 Å². The summed E-state index contributed by atoms with van der Waals surface area (Å²) in [6.45, 7) is -0.736. The molecule has 4 aromatic carbocycles. The fourth-order valence-corrected chi connectivity index (χ4v) is 6.70. The molecule has 370 valence electrons. The van der Waals surface area contributed by atoms with Crippen molar-refractivity contribution in [2.45, 2.75) is 77.0 Å². The Morgan fingerprint density at radius 3 is 1.77 bits per heavy atom. The molecule has 70 heavy (non-hydrogen) atoms. The van der Waals surface area contributed by atoms with Crippen LogP contribution in [0.25, 0.3) is 0 Å². The van der Waals surface area contributed by atoms with Crippen molar-refractivity contribution in [2.75, 3.05) is 26.2 Å². The van der Waals surface area contributed by atoms with Crippen LogP contribution in [-0.2, 0) is 69.6 Å². The van der Waals surface area contributed by atoms with Gasteiger partial charge in [0.15, 0.2) is 0 Å². The van der Waals surface area contributed by atoms with Crippen LogP contribution in [0.1, 0.15) is 60.8 Å². The van der Waals surface area contributed by atoms with Crippen LogP contribution in [0.15, 0.2) is 131 Å². The molecule has 1 aliphatic rings. The van der Waals surface area contributed by atoms with E-state index in [9.17, 15) is 33.6 Å². The summed E-state index contributed by atoms with van der Waals surface area (Å²) in [4.78, 5) is 112. The van der Waals surface area contributed by atoms with Crippen molar-refractivity contribution in [3.63, 3.8) is 0 Å². The first-order chi connectivity index (χ1) is 33.9. The molecule has 0 spiro atoms. The average Bonchev–Trinajstić information content (AvgIpc) is 3.37. The monoisotopic (exact) mass is 963 g/mol. The number of amides is 7. The maximum Gasteiger partial charge on any atom is 0.437 e. The van der Waals surface area contributed by atoms with E-state index in [4.69, 9.17) is 35.5 Å². The Balaban J connectivity index is 1.19. The lowest BCUT2D eigenvalue weighted by atomic mass is 10.1. The molecule has 1 saturated heterocycles. The van der Waals surface area contributed by atoms with Gasteiger partial charge in [0.1, 0.15) is 38.5 Å². The Hall–Kier alpha value is -8.17. The van der Waals surface area contributed by atoms with Crippen molar-refractivity contribution >= 4 is 53.8 Å². The highest BCUT2D eigenvalue weighted by Gasteiger charge is 2.33. The number of carbonyl (C=O) groups excluding carboxylic acids is 7. The third-order valence-electron chi connectivity index (χ3n) is 10.3. The van der Waals surface area contributed by atoms with E-state index in [-0.39, 0.29) is 78.2 Å². The Labute approximate surface area is 404 Å². The van der Waals surface area contributed by atoms with Gasteiger partial charge < -0.3 is 41.6 Å². The predicted molar refractivity (Wildman–Crippen MR) is 253 cm³/mol. The number of nitrogens with one attached hydrogen (secondary N) is 3. The van der Waals surface area contributed by atoms with E-state index in [1.807, 2.05) is 36.4 Å². The molecule has 0 aromatic heterocycles. The van der Waals surface area contributed by atoms with Crippen molar-refractivity contribution in [2.24, 2.45) is 21.5 Å². The minimum absolute atomic E-state index is 0.00803. The molecular formula is C49H57N9O12. The van der Waals surface area contributed by atoms with Gasteiger partial charge in [-0.05, 0) is 54.4 Å². The summed E-state index contributed by atoms with van der Waals surface area (Å²) in [7, 11) is 0. The number of hydrogen-bond donors (Lipinski definition) is 5. The maximum absolute atomic E-state index is 13.7. The second-order valence-electron chi connectivity index (χ2n) is 15.6. The first-order valence-corrected chi connectivity index (χ1v) is 22.5. The Morgan fingerprint density at radius 2 is 1.20 bits per heavy atom.